The number of hydrogen-bond acceptors (Lipinski definition) is 5. The molecule has 0 aromatic heterocycles. The average molecular weight is 393 g/mol. The Labute approximate surface area is 159 Å². The third kappa shape index (κ3) is 4.40. The van der Waals surface area contributed by atoms with Gasteiger partial charge in [0.1, 0.15) is 5.75 Å². The fourth-order valence-corrected chi connectivity index (χ4v) is 5.12. The van der Waals surface area contributed by atoms with Gasteiger partial charge < -0.3 is 10.1 Å². The van der Waals surface area contributed by atoms with Gasteiger partial charge in [0, 0.05) is 23.4 Å². The molecule has 26 heavy (non-hydrogen) atoms. The van der Waals surface area contributed by atoms with Gasteiger partial charge in [-0.25, -0.2) is 13.1 Å². The van der Waals surface area contributed by atoms with Crippen molar-refractivity contribution < 1.29 is 13.2 Å². The first-order valence-electron chi connectivity index (χ1n) is 8.54. The van der Waals surface area contributed by atoms with Crippen LogP contribution in [0.2, 0.25) is 0 Å². The Morgan fingerprint density at radius 1 is 1.19 bits per heavy atom. The van der Waals surface area contributed by atoms with Crippen LogP contribution >= 0.6 is 11.8 Å². The highest BCUT2D eigenvalue weighted by Gasteiger charge is 2.30. The zero-order valence-corrected chi connectivity index (χ0v) is 16.6. The van der Waals surface area contributed by atoms with Gasteiger partial charge in [-0.1, -0.05) is 18.2 Å². The van der Waals surface area contributed by atoms with E-state index in [0.717, 1.165) is 29.2 Å². The summed E-state index contributed by atoms with van der Waals surface area (Å²) in [7, 11) is -1.94. The van der Waals surface area contributed by atoms with Crippen molar-refractivity contribution in [2.75, 3.05) is 26.5 Å². The largest absolute Gasteiger partial charge is 0.497 e. The predicted octanol–water partition coefficient (Wildman–Crippen LogP) is 2.84. The molecule has 0 radical (unpaired) electrons. The molecule has 2 N–H and O–H groups in total. The molecule has 2 aromatic carbocycles. The van der Waals surface area contributed by atoms with E-state index in [9.17, 15) is 8.42 Å². The Hall–Kier alpha value is -1.54. The van der Waals surface area contributed by atoms with Crippen LogP contribution in [0.3, 0.4) is 0 Å². The summed E-state index contributed by atoms with van der Waals surface area (Å²) in [5, 5.41) is 3.30. The van der Waals surface area contributed by atoms with Crippen LogP contribution in [0.4, 0.5) is 0 Å². The fraction of sp³-hybridized carbons (Fsp3) is 0.368. The number of piperidine rings is 1. The van der Waals surface area contributed by atoms with E-state index in [1.807, 2.05) is 36.6 Å². The molecule has 1 heterocycles. The Morgan fingerprint density at radius 2 is 1.96 bits per heavy atom. The zero-order chi connectivity index (χ0) is 18.6. The Bertz CT molecular complexity index is 838. The van der Waals surface area contributed by atoms with Crippen molar-refractivity contribution in [3.63, 3.8) is 0 Å². The van der Waals surface area contributed by atoms with Crippen molar-refractivity contribution in [1.82, 2.24) is 10.0 Å². The van der Waals surface area contributed by atoms with Gasteiger partial charge in [0.2, 0.25) is 10.0 Å². The van der Waals surface area contributed by atoms with E-state index in [1.165, 1.54) is 11.8 Å². The van der Waals surface area contributed by atoms with E-state index >= 15 is 0 Å². The quantitative estimate of drug-likeness (QED) is 0.740. The van der Waals surface area contributed by atoms with E-state index < -0.39 is 10.0 Å². The lowest BCUT2D eigenvalue weighted by atomic mass is 9.86. The number of benzene rings is 2. The standard InChI is InChI=1S/C19H24N2O3S2/c1-24-15-8-6-14(7-9-15)18-10-11-20-13-19(18)21-26(22,23)17-5-3-4-16(12-17)25-2/h3-9,12,18-21H,10-11,13H2,1-2H3. The molecule has 3 rings (SSSR count). The molecule has 0 bridgehead atoms. The van der Waals surface area contributed by atoms with Crippen molar-refractivity contribution in [1.29, 1.82) is 0 Å². The van der Waals surface area contributed by atoms with Gasteiger partial charge in [0.15, 0.2) is 0 Å². The minimum Gasteiger partial charge on any atom is -0.497 e. The highest BCUT2D eigenvalue weighted by Crippen LogP contribution is 2.28. The Kier molecular flexibility index (Phi) is 6.24. The molecule has 0 amide bonds. The van der Waals surface area contributed by atoms with Crippen molar-refractivity contribution in [2.45, 2.75) is 28.2 Å². The van der Waals surface area contributed by atoms with Crippen LogP contribution in [0.25, 0.3) is 0 Å². The van der Waals surface area contributed by atoms with Crippen molar-refractivity contribution in [3.8, 4) is 5.75 Å². The van der Waals surface area contributed by atoms with Crippen LogP contribution in [0.15, 0.2) is 58.3 Å². The first-order chi connectivity index (χ1) is 12.5. The van der Waals surface area contributed by atoms with Crippen molar-refractivity contribution in [2.24, 2.45) is 0 Å². The van der Waals surface area contributed by atoms with E-state index in [4.69, 9.17) is 4.74 Å². The first kappa shape index (κ1) is 19.2. The molecular weight excluding hydrogens is 368 g/mol. The van der Waals surface area contributed by atoms with E-state index in [2.05, 4.69) is 10.0 Å². The normalized spacial score (nSPS) is 20.7. The molecule has 2 atom stereocenters. The Balaban J connectivity index is 1.82. The number of rotatable bonds is 6. The third-order valence-electron chi connectivity index (χ3n) is 4.68. The van der Waals surface area contributed by atoms with Crippen LogP contribution in [0.5, 0.6) is 5.75 Å². The summed E-state index contributed by atoms with van der Waals surface area (Å²) in [5.41, 5.74) is 1.12. The molecule has 1 fully saturated rings. The van der Waals surface area contributed by atoms with E-state index in [0.29, 0.717) is 11.4 Å². The van der Waals surface area contributed by atoms with E-state index in [-0.39, 0.29) is 12.0 Å². The lowest BCUT2D eigenvalue weighted by Crippen LogP contribution is -2.49. The average Bonchev–Trinajstić information content (AvgIpc) is 2.68. The number of nitrogens with one attached hydrogen (secondary N) is 2. The number of hydrogen-bond donors (Lipinski definition) is 2. The van der Waals surface area contributed by atoms with E-state index in [1.54, 1.807) is 25.3 Å². The SMILES string of the molecule is COc1ccc(C2CCNCC2NS(=O)(=O)c2cccc(SC)c2)cc1. The van der Waals surface area contributed by atoms with Gasteiger partial charge in [0.05, 0.1) is 12.0 Å². The summed E-state index contributed by atoms with van der Waals surface area (Å²) >= 11 is 1.53. The molecule has 2 aromatic rings. The highest BCUT2D eigenvalue weighted by molar-refractivity contribution is 7.98. The number of ether oxygens (including phenoxy) is 1. The van der Waals surface area contributed by atoms with Crippen molar-refractivity contribution >= 4 is 21.8 Å². The summed E-state index contributed by atoms with van der Waals surface area (Å²) in [5.74, 6) is 0.925. The molecule has 140 valence electrons. The van der Waals surface area contributed by atoms with Gasteiger partial charge >= 0.3 is 0 Å². The lowest BCUT2D eigenvalue weighted by Gasteiger charge is -2.33. The second-order valence-corrected chi connectivity index (χ2v) is 8.87. The van der Waals surface area contributed by atoms with Crippen LogP contribution < -0.4 is 14.8 Å². The molecule has 7 heteroatoms. The topological polar surface area (TPSA) is 67.4 Å². The molecule has 1 aliphatic heterocycles. The number of thioether (sulfide) groups is 1. The summed E-state index contributed by atoms with van der Waals surface area (Å²) in [6, 6.07) is 14.7. The summed E-state index contributed by atoms with van der Waals surface area (Å²) in [6.07, 6.45) is 2.81. The summed E-state index contributed by atoms with van der Waals surface area (Å²) < 4.78 is 33.9. The van der Waals surface area contributed by atoms with Crippen LogP contribution in [0.1, 0.15) is 17.9 Å². The summed E-state index contributed by atoms with van der Waals surface area (Å²) in [6.45, 7) is 1.48. The second-order valence-electron chi connectivity index (χ2n) is 6.28. The Morgan fingerprint density at radius 3 is 2.65 bits per heavy atom. The van der Waals surface area contributed by atoms with Gasteiger partial charge in [-0.2, -0.15) is 0 Å². The molecule has 0 aliphatic carbocycles. The maximum atomic E-state index is 12.9. The second kappa shape index (κ2) is 8.43. The minimum absolute atomic E-state index is 0.126. The van der Waals surface area contributed by atoms with Gasteiger partial charge in [-0.3, -0.25) is 0 Å². The highest BCUT2D eigenvalue weighted by atomic mass is 32.2. The molecule has 1 saturated heterocycles. The third-order valence-corrected chi connectivity index (χ3v) is 6.90. The van der Waals surface area contributed by atoms with Gasteiger partial charge in [0.25, 0.3) is 0 Å². The maximum absolute atomic E-state index is 12.9. The number of methoxy groups -OCH3 is 1. The van der Waals surface area contributed by atoms with Crippen molar-refractivity contribution in [3.05, 3.63) is 54.1 Å². The molecule has 0 saturated carbocycles. The molecule has 0 spiro atoms. The monoisotopic (exact) mass is 392 g/mol. The molecule has 2 unspecified atom stereocenters. The van der Waals surface area contributed by atoms with Gasteiger partial charge in [-0.05, 0) is 55.1 Å². The van der Waals surface area contributed by atoms with Gasteiger partial charge in [-0.15, -0.1) is 11.8 Å². The van der Waals surface area contributed by atoms with Crippen LogP contribution in [0, 0.1) is 0 Å². The zero-order valence-electron chi connectivity index (χ0n) is 14.9. The van der Waals surface area contributed by atoms with Crippen LogP contribution in [-0.2, 0) is 10.0 Å². The predicted molar refractivity (Wildman–Crippen MR) is 106 cm³/mol. The molecule has 1 aliphatic rings. The smallest absolute Gasteiger partial charge is 0.240 e. The molecule has 5 nitrogen and oxygen atoms in total. The molecular formula is C19H24N2O3S2. The number of sulfonamides is 1. The van der Waals surface area contributed by atoms with Crippen LogP contribution in [-0.4, -0.2) is 40.9 Å². The minimum atomic E-state index is -3.57. The summed E-state index contributed by atoms with van der Waals surface area (Å²) in [4.78, 5) is 1.24. The fourth-order valence-electron chi connectivity index (χ4n) is 3.27. The lowest BCUT2D eigenvalue weighted by molar-refractivity contribution is 0.377. The maximum Gasteiger partial charge on any atom is 0.240 e. The first-order valence-corrected chi connectivity index (χ1v) is 11.3.